The van der Waals surface area contributed by atoms with Gasteiger partial charge in [0.1, 0.15) is 0 Å². The average Bonchev–Trinajstić information content (AvgIpc) is 2.91. The highest BCUT2D eigenvalue weighted by Crippen LogP contribution is 2.30. The van der Waals surface area contributed by atoms with E-state index >= 15 is 0 Å². The highest BCUT2D eigenvalue weighted by Gasteiger charge is 2.27. The second-order valence-electron chi connectivity index (χ2n) is 5.79. The molecule has 0 fully saturated rings. The minimum atomic E-state index is -3.35. The summed E-state index contributed by atoms with van der Waals surface area (Å²) in [6.45, 7) is 2.73. The number of aryl methyl sites for hydroxylation is 1. The van der Waals surface area contributed by atoms with Crippen LogP contribution in [0.25, 0.3) is 0 Å². The lowest BCUT2D eigenvalue weighted by molar-refractivity contribution is 0.0750. The van der Waals surface area contributed by atoms with Crippen molar-refractivity contribution in [3.8, 4) is 0 Å². The van der Waals surface area contributed by atoms with E-state index in [0.29, 0.717) is 23.7 Å². The Morgan fingerprint density at radius 1 is 1.17 bits per heavy atom. The van der Waals surface area contributed by atoms with Gasteiger partial charge in [0.15, 0.2) is 9.84 Å². The summed E-state index contributed by atoms with van der Waals surface area (Å²) in [5.41, 5.74) is 3.16. The van der Waals surface area contributed by atoms with Crippen LogP contribution < -0.4 is 0 Å². The van der Waals surface area contributed by atoms with E-state index in [4.69, 9.17) is 11.6 Å². The first-order chi connectivity index (χ1) is 10.8. The van der Waals surface area contributed by atoms with E-state index in [1.165, 1.54) is 12.1 Å². The standard InChI is InChI=1S/C17H16ClNO3S/c1-11-6-7-13(23(2,21)22)8-14(11)17(20)19-9-12-4-3-5-16(18)15(12)10-19/h3-8H,9-10H2,1-2H3. The summed E-state index contributed by atoms with van der Waals surface area (Å²) >= 11 is 6.18. The fraction of sp³-hybridized carbons (Fsp3) is 0.235. The molecule has 1 amide bonds. The second-order valence-corrected chi connectivity index (χ2v) is 8.21. The van der Waals surface area contributed by atoms with E-state index < -0.39 is 9.84 Å². The predicted molar refractivity (Wildman–Crippen MR) is 89.3 cm³/mol. The third-order valence-corrected chi connectivity index (χ3v) is 5.55. The number of sulfone groups is 1. The van der Waals surface area contributed by atoms with Crippen molar-refractivity contribution in [2.45, 2.75) is 24.9 Å². The molecule has 3 rings (SSSR count). The Balaban J connectivity index is 1.95. The Morgan fingerprint density at radius 3 is 2.57 bits per heavy atom. The Kier molecular flexibility index (Phi) is 3.94. The van der Waals surface area contributed by atoms with E-state index in [1.54, 1.807) is 17.9 Å². The number of rotatable bonds is 2. The fourth-order valence-corrected chi connectivity index (χ4v) is 3.66. The van der Waals surface area contributed by atoms with Crippen LogP contribution in [0.5, 0.6) is 0 Å². The minimum absolute atomic E-state index is 0.154. The van der Waals surface area contributed by atoms with Crippen LogP contribution in [0.3, 0.4) is 0 Å². The molecule has 2 aromatic rings. The maximum absolute atomic E-state index is 12.8. The van der Waals surface area contributed by atoms with Gasteiger partial charge in [0.25, 0.3) is 5.91 Å². The molecule has 0 unspecified atom stereocenters. The van der Waals surface area contributed by atoms with Crippen molar-refractivity contribution in [3.63, 3.8) is 0 Å². The van der Waals surface area contributed by atoms with Gasteiger partial charge in [-0.05, 0) is 41.8 Å². The summed E-state index contributed by atoms with van der Waals surface area (Å²) in [5.74, 6) is -0.180. The highest BCUT2D eigenvalue weighted by molar-refractivity contribution is 7.90. The van der Waals surface area contributed by atoms with Crippen molar-refractivity contribution in [2.24, 2.45) is 0 Å². The molecule has 0 radical (unpaired) electrons. The van der Waals surface area contributed by atoms with E-state index in [9.17, 15) is 13.2 Å². The van der Waals surface area contributed by atoms with Gasteiger partial charge in [-0.3, -0.25) is 4.79 Å². The maximum Gasteiger partial charge on any atom is 0.254 e. The molecule has 0 saturated heterocycles. The third kappa shape index (κ3) is 2.99. The molecule has 4 nitrogen and oxygen atoms in total. The molecule has 0 spiro atoms. The molecule has 0 aliphatic carbocycles. The van der Waals surface area contributed by atoms with Crippen molar-refractivity contribution < 1.29 is 13.2 Å². The quantitative estimate of drug-likeness (QED) is 0.836. The van der Waals surface area contributed by atoms with Crippen LogP contribution in [0.4, 0.5) is 0 Å². The lowest BCUT2D eigenvalue weighted by atomic mass is 10.1. The van der Waals surface area contributed by atoms with E-state index in [1.807, 2.05) is 18.2 Å². The van der Waals surface area contributed by atoms with Crippen LogP contribution in [-0.2, 0) is 22.9 Å². The summed E-state index contributed by atoms with van der Waals surface area (Å²) in [6, 6.07) is 10.3. The van der Waals surface area contributed by atoms with Crippen LogP contribution in [0, 0.1) is 6.92 Å². The molecule has 0 saturated carbocycles. The lowest BCUT2D eigenvalue weighted by Crippen LogP contribution is -2.26. The van der Waals surface area contributed by atoms with Crippen LogP contribution in [0.1, 0.15) is 27.0 Å². The molecule has 6 heteroatoms. The van der Waals surface area contributed by atoms with Gasteiger partial charge in [-0.25, -0.2) is 8.42 Å². The van der Waals surface area contributed by atoms with Gasteiger partial charge >= 0.3 is 0 Å². The number of nitrogens with zero attached hydrogens (tertiary/aromatic N) is 1. The van der Waals surface area contributed by atoms with E-state index in [0.717, 1.165) is 22.9 Å². The van der Waals surface area contributed by atoms with Crippen LogP contribution in [-0.4, -0.2) is 25.5 Å². The van der Waals surface area contributed by atoms with Crippen LogP contribution in [0.2, 0.25) is 5.02 Å². The zero-order valence-electron chi connectivity index (χ0n) is 12.8. The lowest BCUT2D eigenvalue weighted by Gasteiger charge is -2.17. The number of carbonyl (C=O) groups is 1. The fourth-order valence-electron chi connectivity index (χ4n) is 2.76. The molecule has 0 bridgehead atoms. The molecule has 1 aliphatic rings. The monoisotopic (exact) mass is 349 g/mol. The first kappa shape index (κ1) is 16.0. The van der Waals surface area contributed by atoms with Crippen molar-refractivity contribution in [2.75, 3.05) is 6.26 Å². The Bertz CT molecular complexity index is 906. The van der Waals surface area contributed by atoms with Gasteiger partial charge in [-0.1, -0.05) is 29.8 Å². The number of carbonyl (C=O) groups excluding carboxylic acids is 1. The Labute approximate surface area is 140 Å². The van der Waals surface area contributed by atoms with Crippen molar-refractivity contribution in [3.05, 3.63) is 63.7 Å². The number of benzene rings is 2. The van der Waals surface area contributed by atoms with Gasteiger partial charge in [-0.15, -0.1) is 0 Å². The normalized spacial score (nSPS) is 14.0. The molecule has 2 aromatic carbocycles. The number of hydrogen-bond donors (Lipinski definition) is 0. The summed E-state index contributed by atoms with van der Waals surface area (Å²) < 4.78 is 23.4. The van der Waals surface area contributed by atoms with Gasteiger partial charge < -0.3 is 4.90 Å². The van der Waals surface area contributed by atoms with E-state index in [-0.39, 0.29) is 10.8 Å². The smallest absolute Gasteiger partial charge is 0.254 e. The average molecular weight is 350 g/mol. The Morgan fingerprint density at radius 2 is 1.91 bits per heavy atom. The van der Waals surface area contributed by atoms with Crippen molar-refractivity contribution >= 4 is 27.3 Å². The zero-order valence-corrected chi connectivity index (χ0v) is 14.4. The summed E-state index contributed by atoms with van der Waals surface area (Å²) in [7, 11) is -3.35. The van der Waals surface area contributed by atoms with E-state index in [2.05, 4.69) is 0 Å². The Hall–Kier alpha value is -1.85. The number of amides is 1. The molecule has 23 heavy (non-hydrogen) atoms. The first-order valence-electron chi connectivity index (χ1n) is 7.13. The molecular weight excluding hydrogens is 334 g/mol. The molecule has 0 aromatic heterocycles. The SMILES string of the molecule is Cc1ccc(S(C)(=O)=O)cc1C(=O)N1Cc2cccc(Cl)c2C1. The topological polar surface area (TPSA) is 54.5 Å². The number of halogens is 1. The first-order valence-corrected chi connectivity index (χ1v) is 9.40. The van der Waals surface area contributed by atoms with Crippen LogP contribution >= 0.6 is 11.6 Å². The second kappa shape index (κ2) is 5.65. The molecular formula is C17H16ClNO3S. The van der Waals surface area contributed by atoms with Gasteiger partial charge in [0, 0.05) is 29.9 Å². The van der Waals surface area contributed by atoms with Crippen molar-refractivity contribution in [1.29, 1.82) is 0 Å². The molecule has 120 valence electrons. The van der Waals surface area contributed by atoms with Crippen molar-refractivity contribution in [1.82, 2.24) is 4.90 Å². The molecule has 0 atom stereocenters. The largest absolute Gasteiger partial charge is 0.330 e. The summed E-state index contributed by atoms with van der Waals surface area (Å²) in [5, 5.41) is 0.652. The molecule has 1 heterocycles. The highest BCUT2D eigenvalue weighted by atomic mass is 35.5. The molecule has 0 N–H and O–H groups in total. The maximum atomic E-state index is 12.8. The van der Waals surface area contributed by atoms with Gasteiger partial charge in [-0.2, -0.15) is 0 Å². The predicted octanol–water partition coefficient (Wildman–Crippen LogP) is 3.21. The minimum Gasteiger partial charge on any atom is -0.330 e. The summed E-state index contributed by atoms with van der Waals surface area (Å²) in [4.78, 5) is 14.7. The summed E-state index contributed by atoms with van der Waals surface area (Å²) in [6.07, 6.45) is 1.14. The van der Waals surface area contributed by atoms with Gasteiger partial charge in [0.05, 0.1) is 4.90 Å². The van der Waals surface area contributed by atoms with Crippen LogP contribution in [0.15, 0.2) is 41.3 Å². The number of fused-ring (bicyclic) bond motifs is 1. The van der Waals surface area contributed by atoms with Gasteiger partial charge in [0.2, 0.25) is 0 Å². The number of hydrogen-bond acceptors (Lipinski definition) is 3. The zero-order chi connectivity index (χ0) is 16.8. The molecule has 1 aliphatic heterocycles. The third-order valence-electron chi connectivity index (χ3n) is 4.08.